The summed E-state index contributed by atoms with van der Waals surface area (Å²) in [4.78, 5) is 0. The average Bonchev–Trinajstić information content (AvgIpc) is 2.40. The van der Waals surface area contributed by atoms with E-state index < -0.39 is 10.2 Å². The van der Waals surface area contributed by atoms with Gasteiger partial charge in [0.1, 0.15) is 0 Å². The average molecular weight is 327 g/mol. The molecule has 0 amide bonds. The van der Waals surface area contributed by atoms with Crippen molar-refractivity contribution < 1.29 is 13.2 Å². The minimum atomic E-state index is -3.26. The number of rotatable bonds is 3. The van der Waals surface area contributed by atoms with Crippen molar-refractivity contribution in [3.8, 4) is 0 Å². The Bertz CT molecular complexity index is 343. The van der Waals surface area contributed by atoms with Crippen LogP contribution in [0.5, 0.6) is 0 Å². The molecule has 0 aromatic rings. The fourth-order valence-electron chi connectivity index (χ4n) is 2.30. The van der Waals surface area contributed by atoms with Gasteiger partial charge in [0.2, 0.25) is 0 Å². The molecule has 2 fully saturated rings. The normalized spacial score (nSPS) is 29.4. The standard InChI is InChI=1S/C10H19BrN2O3S/c11-8-10-2-1-3-13(9-10)17(14,15)12-4-6-16-7-5-12/h10H,1-9H2. The summed E-state index contributed by atoms with van der Waals surface area (Å²) in [5.74, 6) is 0.444. The monoisotopic (exact) mass is 326 g/mol. The second-order valence-electron chi connectivity index (χ2n) is 4.54. The maximum Gasteiger partial charge on any atom is 0.282 e. The molecule has 7 heteroatoms. The summed E-state index contributed by atoms with van der Waals surface area (Å²) in [5.41, 5.74) is 0. The number of hydrogen-bond donors (Lipinski definition) is 0. The van der Waals surface area contributed by atoms with Crippen LogP contribution in [-0.4, -0.2) is 61.8 Å². The molecule has 0 aromatic heterocycles. The largest absolute Gasteiger partial charge is 0.379 e. The third kappa shape index (κ3) is 3.20. The molecule has 0 spiro atoms. The summed E-state index contributed by atoms with van der Waals surface area (Å²) in [6.07, 6.45) is 2.07. The molecule has 100 valence electrons. The van der Waals surface area contributed by atoms with Gasteiger partial charge in [-0.3, -0.25) is 0 Å². The van der Waals surface area contributed by atoms with Gasteiger partial charge in [-0.05, 0) is 18.8 Å². The van der Waals surface area contributed by atoms with E-state index in [1.165, 1.54) is 0 Å². The fourth-order valence-corrected chi connectivity index (χ4v) is 4.53. The predicted octanol–water partition coefficient (Wildman–Crippen LogP) is 0.670. The molecule has 2 saturated heterocycles. The molecule has 2 rings (SSSR count). The molecule has 2 heterocycles. The van der Waals surface area contributed by atoms with Crippen molar-refractivity contribution >= 4 is 26.1 Å². The first kappa shape index (κ1) is 13.7. The lowest BCUT2D eigenvalue weighted by Gasteiger charge is -2.36. The van der Waals surface area contributed by atoms with Crippen LogP contribution >= 0.6 is 15.9 Å². The highest BCUT2D eigenvalue weighted by Gasteiger charge is 2.33. The van der Waals surface area contributed by atoms with Crippen LogP contribution < -0.4 is 0 Å². The minimum absolute atomic E-state index is 0.444. The first-order valence-electron chi connectivity index (χ1n) is 6.03. The van der Waals surface area contributed by atoms with Crippen molar-refractivity contribution in [3.05, 3.63) is 0 Å². The van der Waals surface area contributed by atoms with Crippen molar-refractivity contribution in [2.45, 2.75) is 12.8 Å². The van der Waals surface area contributed by atoms with E-state index in [9.17, 15) is 8.42 Å². The summed E-state index contributed by atoms with van der Waals surface area (Å²) in [6, 6.07) is 0. The van der Waals surface area contributed by atoms with Gasteiger partial charge in [-0.2, -0.15) is 17.0 Å². The lowest BCUT2D eigenvalue weighted by atomic mass is 10.0. The molecule has 2 aliphatic rings. The van der Waals surface area contributed by atoms with Crippen LogP contribution in [0.1, 0.15) is 12.8 Å². The van der Waals surface area contributed by atoms with E-state index in [-0.39, 0.29) is 0 Å². The van der Waals surface area contributed by atoms with Gasteiger partial charge in [-0.1, -0.05) is 15.9 Å². The van der Waals surface area contributed by atoms with Crippen molar-refractivity contribution in [1.82, 2.24) is 8.61 Å². The predicted molar refractivity (Wildman–Crippen MR) is 69.4 cm³/mol. The highest BCUT2D eigenvalue weighted by atomic mass is 79.9. The Morgan fingerprint density at radius 3 is 2.53 bits per heavy atom. The van der Waals surface area contributed by atoms with Gasteiger partial charge in [0.25, 0.3) is 10.2 Å². The Hall–Kier alpha value is 0.310. The van der Waals surface area contributed by atoms with Crippen molar-refractivity contribution in [2.24, 2.45) is 5.92 Å². The number of piperidine rings is 1. The quantitative estimate of drug-likeness (QED) is 0.716. The van der Waals surface area contributed by atoms with Crippen LogP contribution in [0.15, 0.2) is 0 Å². The van der Waals surface area contributed by atoms with E-state index in [1.54, 1.807) is 8.61 Å². The maximum absolute atomic E-state index is 12.4. The lowest BCUT2D eigenvalue weighted by Crippen LogP contribution is -2.51. The highest BCUT2D eigenvalue weighted by Crippen LogP contribution is 2.22. The van der Waals surface area contributed by atoms with Crippen LogP contribution in [0.4, 0.5) is 0 Å². The highest BCUT2D eigenvalue weighted by molar-refractivity contribution is 9.09. The second-order valence-corrected chi connectivity index (χ2v) is 7.12. The molecule has 1 unspecified atom stereocenters. The van der Waals surface area contributed by atoms with Crippen LogP contribution in [-0.2, 0) is 14.9 Å². The molecule has 0 N–H and O–H groups in total. The SMILES string of the molecule is O=S(=O)(N1CCOCC1)N1CCCC(CBr)C1. The van der Waals surface area contributed by atoms with Gasteiger partial charge in [0.15, 0.2) is 0 Å². The Kier molecular flexibility index (Phi) is 4.82. The number of morpholine rings is 1. The molecule has 0 aromatic carbocycles. The zero-order valence-electron chi connectivity index (χ0n) is 9.85. The second kappa shape index (κ2) is 5.97. The van der Waals surface area contributed by atoms with Crippen molar-refractivity contribution in [1.29, 1.82) is 0 Å². The van der Waals surface area contributed by atoms with Gasteiger partial charge in [-0.15, -0.1) is 0 Å². The van der Waals surface area contributed by atoms with E-state index in [0.717, 1.165) is 18.2 Å². The zero-order valence-corrected chi connectivity index (χ0v) is 12.2. The van der Waals surface area contributed by atoms with Crippen molar-refractivity contribution in [2.75, 3.05) is 44.7 Å². The molecule has 0 saturated carbocycles. The number of halogens is 1. The van der Waals surface area contributed by atoms with E-state index in [1.807, 2.05) is 0 Å². The summed E-state index contributed by atoms with van der Waals surface area (Å²) < 4.78 is 33.1. The number of ether oxygens (including phenoxy) is 1. The molecule has 0 aliphatic carbocycles. The molecule has 17 heavy (non-hydrogen) atoms. The van der Waals surface area contributed by atoms with Crippen LogP contribution in [0.2, 0.25) is 0 Å². The summed E-state index contributed by atoms with van der Waals surface area (Å²) >= 11 is 3.45. The molecule has 2 aliphatic heterocycles. The molecule has 1 atom stereocenters. The van der Waals surface area contributed by atoms with Crippen molar-refractivity contribution in [3.63, 3.8) is 0 Å². The maximum atomic E-state index is 12.4. The summed E-state index contributed by atoms with van der Waals surface area (Å²) in [6.45, 7) is 3.29. The van der Waals surface area contributed by atoms with Gasteiger partial charge in [0.05, 0.1) is 13.2 Å². The molecule has 5 nitrogen and oxygen atoms in total. The third-order valence-corrected chi connectivity index (χ3v) is 6.24. The Morgan fingerprint density at radius 2 is 1.88 bits per heavy atom. The summed E-state index contributed by atoms with van der Waals surface area (Å²) in [5, 5.41) is 0.877. The van der Waals surface area contributed by atoms with Crippen LogP contribution in [0.25, 0.3) is 0 Å². The Balaban J connectivity index is 2.03. The number of hydrogen-bond acceptors (Lipinski definition) is 3. The van der Waals surface area contributed by atoms with E-state index >= 15 is 0 Å². The Labute approximate surface area is 111 Å². The molecule has 0 radical (unpaired) electrons. The third-order valence-electron chi connectivity index (χ3n) is 3.32. The Morgan fingerprint density at radius 1 is 1.18 bits per heavy atom. The number of nitrogens with zero attached hydrogens (tertiary/aromatic N) is 2. The first-order valence-corrected chi connectivity index (χ1v) is 8.55. The zero-order chi connectivity index (χ0) is 12.3. The van der Waals surface area contributed by atoms with E-state index in [2.05, 4.69) is 15.9 Å². The van der Waals surface area contributed by atoms with Gasteiger partial charge in [0, 0.05) is 31.5 Å². The fraction of sp³-hybridized carbons (Fsp3) is 1.00. The molecule has 0 bridgehead atoms. The smallest absolute Gasteiger partial charge is 0.282 e. The van der Waals surface area contributed by atoms with Crippen LogP contribution in [0, 0.1) is 5.92 Å². The summed E-state index contributed by atoms with van der Waals surface area (Å²) in [7, 11) is -3.26. The minimum Gasteiger partial charge on any atom is -0.379 e. The van der Waals surface area contributed by atoms with Gasteiger partial charge >= 0.3 is 0 Å². The lowest BCUT2D eigenvalue weighted by molar-refractivity contribution is 0.0692. The van der Waals surface area contributed by atoms with Gasteiger partial charge in [-0.25, -0.2) is 0 Å². The van der Waals surface area contributed by atoms with Gasteiger partial charge < -0.3 is 4.74 Å². The van der Waals surface area contributed by atoms with Crippen LogP contribution in [0.3, 0.4) is 0 Å². The molecular formula is C10H19BrN2O3S. The van der Waals surface area contributed by atoms with E-state index in [0.29, 0.717) is 45.3 Å². The molecular weight excluding hydrogens is 308 g/mol. The topological polar surface area (TPSA) is 49.9 Å². The number of alkyl halides is 1. The first-order chi connectivity index (χ1) is 8.14. The van der Waals surface area contributed by atoms with E-state index in [4.69, 9.17) is 4.74 Å².